The molecule has 0 fully saturated rings. The summed E-state index contributed by atoms with van der Waals surface area (Å²) >= 11 is 0. The van der Waals surface area contributed by atoms with Gasteiger partial charge >= 0.3 is 0 Å². The number of hydrogen-bond acceptors (Lipinski definition) is 2. The fourth-order valence-corrected chi connectivity index (χ4v) is 1.96. The topological polar surface area (TPSA) is 33.5 Å². The molecule has 0 N–H and O–H groups in total. The van der Waals surface area contributed by atoms with Gasteiger partial charge in [-0.15, -0.1) is 0 Å². The van der Waals surface area contributed by atoms with Crippen LogP contribution in [0.4, 0.5) is 0 Å². The highest BCUT2D eigenvalue weighted by Gasteiger charge is 2.21. The van der Waals surface area contributed by atoms with Crippen LogP contribution in [0.25, 0.3) is 0 Å². The van der Waals surface area contributed by atoms with E-state index in [0.29, 0.717) is 12.3 Å². The summed E-state index contributed by atoms with van der Waals surface area (Å²) in [6.45, 7) is 6.46. The number of carbonyl (C=O) groups excluding carboxylic acids is 1. The lowest BCUT2D eigenvalue weighted by atomic mass is 10.2. The van der Waals surface area contributed by atoms with E-state index in [1.165, 1.54) is 0 Å². The lowest BCUT2D eigenvalue weighted by Gasteiger charge is -2.26. The number of furan rings is 1. The van der Waals surface area contributed by atoms with Crippen LogP contribution >= 0.6 is 0 Å². The normalized spacial score (nSPS) is 10.7. The van der Waals surface area contributed by atoms with Crippen molar-refractivity contribution in [2.75, 3.05) is 0 Å². The molecule has 1 amide bonds. The molecule has 2 aromatic rings. The van der Waals surface area contributed by atoms with E-state index in [2.05, 4.69) is 0 Å². The van der Waals surface area contributed by atoms with Crippen molar-refractivity contribution in [2.24, 2.45) is 0 Å². The summed E-state index contributed by atoms with van der Waals surface area (Å²) in [5.41, 5.74) is 1.12. The van der Waals surface area contributed by atoms with Crippen molar-refractivity contribution in [3.63, 3.8) is 0 Å². The Balaban J connectivity index is 2.19. The summed E-state index contributed by atoms with van der Waals surface area (Å²) in [6.07, 6.45) is 0. The lowest BCUT2D eigenvalue weighted by molar-refractivity contribution is 0.0656. The van der Waals surface area contributed by atoms with Crippen LogP contribution in [-0.4, -0.2) is 16.8 Å². The van der Waals surface area contributed by atoms with Gasteiger partial charge < -0.3 is 9.32 Å². The van der Waals surface area contributed by atoms with Crippen molar-refractivity contribution < 1.29 is 9.21 Å². The zero-order valence-corrected chi connectivity index (χ0v) is 11.6. The highest BCUT2D eigenvalue weighted by molar-refractivity contribution is 5.91. The predicted octanol–water partition coefficient (Wildman–Crippen LogP) is 3.64. The fraction of sp³-hybridized carbons (Fsp3) is 0.312. The molecule has 1 aromatic carbocycles. The maximum atomic E-state index is 12.4. The van der Waals surface area contributed by atoms with E-state index in [4.69, 9.17) is 4.42 Å². The first-order valence-corrected chi connectivity index (χ1v) is 6.49. The van der Waals surface area contributed by atoms with Gasteiger partial charge in [0.05, 0.1) is 0 Å². The first kappa shape index (κ1) is 13.4. The molecule has 0 spiro atoms. The Bertz CT molecular complexity index is 543. The average molecular weight is 257 g/mol. The third-order valence-electron chi connectivity index (χ3n) is 3.03. The van der Waals surface area contributed by atoms with Crippen LogP contribution in [0.1, 0.15) is 35.7 Å². The Morgan fingerprint density at radius 1 is 1.16 bits per heavy atom. The number of nitrogens with zero attached hydrogens (tertiary/aromatic N) is 1. The van der Waals surface area contributed by atoms with Gasteiger partial charge in [0.1, 0.15) is 5.76 Å². The van der Waals surface area contributed by atoms with E-state index in [-0.39, 0.29) is 11.9 Å². The molecule has 1 aromatic heterocycles. The Morgan fingerprint density at radius 3 is 2.37 bits per heavy atom. The molecule has 1 heterocycles. The first-order chi connectivity index (χ1) is 9.08. The molecule has 3 heteroatoms. The SMILES string of the molecule is Cc1ccc(C(=O)N(Cc2ccccc2)C(C)C)o1. The van der Waals surface area contributed by atoms with Gasteiger partial charge in [-0.05, 0) is 38.5 Å². The highest BCUT2D eigenvalue weighted by atomic mass is 16.3. The molecule has 0 saturated carbocycles. The standard InChI is InChI=1S/C16H19NO2/c1-12(2)17(11-14-7-5-4-6-8-14)16(18)15-10-9-13(3)19-15/h4-10,12H,11H2,1-3H3. The van der Waals surface area contributed by atoms with Crippen molar-refractivity contribution in [1.82, 2.24) is 4.90 Å². The van der Waals surface area contributed by atoms with E-state index >= 15 is 0 Å². The van der Waals surface area contributed by atoms with Gasteiger partial charge in [0, 0.05) is 12.6 Å². The lowest BCUT2D eigenvalue weighted by Crippen LogP contribution is -2.36. The molecule has 100 valence electrons. The monoisotopic (exact) mass is 257 g/mol. The van der Waals surface area contributed by atoms with Crippen molar-refractivity contribution in [3.05, 3.63) is 59.5 Å². The second-order valence-electron chi connectivity index (χ2n) is 4.92. The van der Waals surface area contributed by atoms with Gasteiger partial charge in [-0.25, -0.2) is 0 Å². The van der Waals surface area contributed by atoms with Gasteiger partial charge in [0.25, 0.3) is 5.91 Å². The largest absolute Gasteiger partial charge is 0.456 e. The van der Waals surface area contributed by atoms with Gasteiger partial charge in [-0.1, -0.05) is 30.3 Å². The van der Waals surface area contributed by atoms with Gasteiger partial charge in [0.15, 0.2) is 5.76 Å². The molecule has 2 rings (SSSR count). The Morgan fingerprint density at radius 2 is 1.84 bits per heavy atom. The molecule has 0 saturated heterocycles. The van der Waals surface area contributed by atoms with Gasteiger partial charge in [-0.2, -0.15) is 0 Å². The zero-order chi connectivity index (χ0) is 13.8. The van der Waals surface area contributed by atoms with Crippen molar-refractivity contribution in [3.8, 4) is 0 Å². The Kier molecular flexibility index (Phi) is 4.05. The maximum Gasteiger partial charge on any atom is 0.290 e. The molecule has 3 nitrogen and oxygen atoms in total. The molecule has 0 bridgehead atoms. The van der Waals surface area contributed by atoms with E-state index in [0.717, 1.165) is 11.3 Å². The minimum atomic E-state index is -0.0630. The van der Waals surface area contributed by atoms with Crippen LogP contribution in [0.3, 0.4) is 0 Å². The van der Waals surface area contributed by atoms with Gasteiger partial charge in [-0.3, -0.25) is 4.79 Å². The number of aryl methyl sites for hydroxylation is 1. The third kappa shape index (κ3) is 3.25. The van der Waals surface area contributed by atoms with E-state index < -0.39 is 0 Å². The third-order valence-corrected chi connectivity index (χ3v) is 3.03. The Hall–Kier alpha value is -2.03. The molecule has 0 radical (unpaired) electrons. The summed E-state index contributed by atoms with van der Waals surface area (Å²) in [5.74, 6) is 1.10. The van der Waals surface area contributed by atoms with Crippen LogP contribution in [-0.2, 0) is 6.54 Å². The summed E-state index contributed by atoms with van der Waals surface area (Å²) in [4.78, 5) is 14.2. The number of benzene rings is 1. The van der Waals surface area contributed by atoms with Gasteiger partial charge in [0.2, 0.25) is 0 Å². The number of hydrogen-bond donors (Lipinski definition) is 0. The summed E-state index contributed by atoms with van der Waals surface area (Å²) in [7, 11) is 0. The summed E-state index contributed by atoms with van der Waals surface area (Å²) < 4.78 is 5.42. The van der Waals surface area contributed by atoms with Crippen LogP contribution < -0.4 is 0 Å². The van der Waals surface area contributed by atoms with E-state index in [1.54, 1.807) is 6.07 Å². The van der Waals surface area contributed by atoms with Crippen molar-refractivity contribution in [2.45, 2.75) is 33.4 Å². The average Bonchev–Trinajstić information content (AvgIpc) is 2.83. The van der Waals surface area contributed by atoms with Crippen molar-refractivity contribution >= 4 is 5.91 Å². The second-order valence-corrected chi connectivity index (χ2v) is 4.92. The molecular formula is C16H19NO2. The minimum absolute atomic E-state index is 0.0630. The number of rotatable bonds is 4. The van der Waals surface area contributed by atoms with Crippen LogP contribution in [0.15, 0.2) is 46.9 Å². The van der Waals surface area contributed by atoms with Crippen LogP contribution in [0.5, 0.6) is 0 Å². The molecular weight excluding hydrogens is 238 g/mol. The molecule has 0 unspecified atom stereocenters. The maximum absolute atomic E-state index is 12.4. The Labute approximate surface area is 113 Å². The molecule has 19 heavy (non-hydrogen) atoms. The predicted molar refractivity (Wildman–Crippen MR) is 74.9 cm³/mol. The summed E-state index contributed by atoms with van der Waals surface area (Å²) in [6, 6.07) is 13.7. The van der Waals surface area contributed by atoms with Crippen LogP contribution in [0, 0.1) is 6.92 Å². The highest BCUT2D eigenvalue weighted by Crippen LogP contribution is 2.15. The molecule has 0 aliphatic rings. The first-order valence-electron chi connectivity index (χ1n) is 6.49. The van der Waals surface area contributed by atoms with Crippen molar-refractivity contribution in [1.29, 1.82) is 0 Å². The zero-order valence-electron chi connectivity index (χ0n) is 11.6. The van der Waals surface area contributed by atoms with E-state index in [1.807, 2.05) is 62.1 Å². The fourth-order valence-electron chi connectivity index (χ4n) is 1.96. The molecule has 0 aliphatic heterocycles. The number of carbonyl (C=O) groups is 1. The van der Waals surface area contributed by atoms with Crippen LogP contribution in [0.2, 0.25) is 0 Å². The number of amides is 1. The quantitative estimate of drug-likeness (QED) is 0.837. The summed E-state index contributed by atoms with van der Waals surface area (Å²) in [5, 5.41) is 0. The minimum Gasteiger partial charge on any atom is -0.456 e. The van der Waals surface area contributed by atoms with E-state index in [9.17, 15) is 4.79 Å². The molecule has 0 aliphatic carbocycles. The smallest absolute Gasteiger partial charge is 0.290 e. The second kappa shape index (κ2) is 5.74. The molecule has 0 atom stereocenters.